The number of aromatic nitrogens is 1. The molecule has 0 aliphatic carbocycles. The van der Waals surface area contributed by atoms with E-state index >= 15 is 0 Å². The number of para-hydroxylation sites is 1. The molecule has 0 spiro atoms. The fourth-order valence-electron chi connectivity index (χ4n) is 2.57. The van der Waals surface area contributed by atoms with Crippen LogP contribution in [0.3, 0.4) is 0 Å². The van der Waals surface area contributed by atoms with Crippen LogP contribution in [0.4, 0.5) is 17.2 Å². The van der Waals surface area contributed by atoms with E-state index < -0.39 is 0 Å². The van der Waals surface area contributed by atoms with E-state index in [1.807, 2.05) is 84.7 Å². The van der Waals surface area contributed by atoms with Crippen LogP contribution in [0.1, 0.15) is 12.0 Å². The quantitative estimate of drug-likeness (QED) is 0.727. The summed E-state index contributed by atoms with van der Waals surface area (Å²) in [7, 11) is 1.99. The van der Waals surface area contributed by atoms with Gasteiger partial charge >= 0.3 is 0 Å². The van der Waals surface area contributed by atoms with Crippen LogP contribution in [-0.4, -0.2) is 17.9 Å². The first-order valence-electron chi connectivity index (χ1n) is 8.31. The minimum Gasteiger partial charge on any atom is -0.343 e. The number of hydrogen-bond acceptors (Lipinski definition) is 3. The molecule has 1 heterocycles. The zero-order chi connectivity index (χ0) is 17.5. The number of carbonyl (C=O) groups is 1. The second-order valence-corrected chi connectivity index (χ2v) is 5.83. The summed E-state index contributed by atoms with van der Waals surface area (Å²) >= 11 is 0. The summed E-state index contributed by atoms with van der Waals surface area (Å²) in [4.78, 5) is 18.5. The number of amides is 1. The number of benzene rings is 2. The highest BCUT2D eigenvalue weighted by atomic mass is 16.1. The topological polar surface area (TPSA) is 45.2 Å². The monoisotopic (exact) mass is 331 g/mol. The zero-order valence-corrected chi connectivity index (χ0v) is 14.2. The van der Waals surface area contributed by atoms with Crippen molar-refractivity contribution < 1.29 is 4.79 Å². The van der Waals surface area contributed by atoms with Crippen molar-refractivity contribution in [3.63, 3.8) is 0 Å². The third kappa shape index (κ3) is 4.67. The standard InChI is InChI=1S/C21H21N3O/c1-24(18-10-6-3-7-11-18)19-13-14-20(22-16-19)23-21(25)15-12-17-8-4-2-5-9-17/h2-11,13-14,16H,12,15H2,1H3,(H,22,23,25). The summed E-state index contributed by atoms with van der Waals surface area (Å²) < 4.78 is 0. The molecule has 0 aliphatic heterocycles. The lowest BCUT2D eigenvalue weighted by Gasteiger charge is -2.19. The molecule has 2 aromatic carbocycles. The smallest absolute Gasteiger partial charge is 0.225 e. The minimum absolute atomic E-state index is 0.0273. The van der Waals surface area contributed by atoms with Crippen molar-refractivity contribution in [2.45, 2.75) is 12.8 Å². The molecule has 3 aromatic rings. The Morgan fingerprint density at radius 1 is 0.920 bits per heavy atom. The van der Waals surface area contributed by atoms with Gasteiger partial charge in [0.25, 0.3) is 0 Å². The zero-order valence-electron chi connectivity index (χ0n) is 14.2. The van der Waals surface area contributed by atoms with Gasteiger partial charge in [0.1, 0.15) is 5.82 Å². The molecule has 4 nitrogen and oxygen atoms in total. The third-order valence-electron chi connectivity index (χ3n) is 4.03. The van der Waals surface area contributed by atoms with Crippen LogP contribution >= 0.6 is 0 Å². The van der Waals surface area contributed by atoms with Gasteiger partial charge in [0.05, 0.1) is 11.9 Å². The number of pyridine rings is 1. The summed E-state index contributed by atoms with van der Waals surface area (Å²) in [5, 5.41) is 2.85. The van der Waals surface area contributed by atoms with Gasteiger partial charge in [-0.3, -0.25) is 4.79 Å². The summed E-state index contributed by atoms with van der Waals surface area (Å²) in [6, 6.07) is 23.8. The van der Waals surface area contributed by atoms with E-state index in [0.29, 0.717) is 12.2 Å². The highest BCUT2D eigenvalue weighted by molar-refractivity contribution is 5.90. The molecule has 0 bridgehead atoms. The molecule has 0 atom stereocenters. The van der Waals surface area contributed by atoms with Gasteiger partial charge < -0.3 is 10.2 Å². The van der Waals surface area contributed by atoms with Crippen LogP contribution < -0.4 is 10.2 Å². The van der Waals surface area contributed by atoms with E-state index in [4.69, 9.17) is 0 Å². The number of rotatable bonds is 6. The van der Waals surface area contributed by atoms with Crippen molar-refractivity contribution >= 4 is 23.1 Å². The van der Waals surface area contributed by atoms with E-state index in [1.165, 1.54) is 0 Å². The number of aryl methyl sites for hydroxylation is 1. The highest BCUT2D eigenvalue weighted by Crippen LogP contribution is 2.23. The van der Waals surface area contributed by atoms with Gasteiger partial charge in [-0.05, 0) is 36.2 Å². The van der Waals surface area contributed by atoms with Gasteiger partial charge in [0, 0.05) is 19.2 Å². The Balaban J connectivity index is 1.56. The molecule has 1 N–H and O–H groups in total. The summed E-state index contributed by atoms with van der Waals surface area (Å²) in [5.41, 5.74) is 3.21. The molecule has 0 saturated carbocycles. The van der Waals surface area contributed by atoms with E-state index in [9.17, 15) is 4.79 Å². The highest BCUT2D eigenvalue weighted by Gasteiger charge is 2.06. The van der Waals surface area contributed by atoms with Crippen LogP contribution in [0.15, 0.2) is 79.0 Å². The van der Waals surface area contributed by atoms with Crippen molar-refractivity contribution in [3.8, 4) is 0 Å². The first kappa shape index (κ1) is 16.7. The normalized spacial score (nSPS) is 10.3. The van der Waals surface area contributed by atoms with E-state index in [1.54, 1.807) is 6.20 Å². The predicted octanol–water partition coefficient (Wildman–Crippen LogP) is 4.42. The number of hydrogen-bond donors (Lipinski definition) is 1. The van der Waals surface area contributed by atoms with Crippen LogP contribution in [-0.2, 0) is 11.2 Å². The van der Waals surface area contributed by atoms with Gasteiger partial charge in [-0.25, -0.2) is 4.98 Å². The van der Waals surface area contributed by atoms with Gasteiger partial charge in [-0.1, -0.05) is 48.5 Å². The molecule has 0 unspecified atom stereocenters. The van der Waals surface area contributed by atoms with Crippen molar-refractivity contribution in [1.29, 1.82) is 0 Å². The Kier molecular flexibility index (Phi) is 5.42. The Morgan fingerprint density at radius 3 is 2.24 bits per heavy atom. The van der Waals surface area contributed by atoms with Crippen LogP contribution in [0.25, 0.3) is 0 Å². The van der Waals surface area contributed by atoms with Crippen LogP contribution in [0.5, 0.6) is 0 Å². The van der Waals surface area contributed by atoms with Crippen molar-refractivity contribution in [2.24, 2.45) is 0 Å². The lowest BCUT2D eigenvalue weighted by Crippen LogP contribution is -2.14. The second-order valence-electron chi connectivity index (χ2n) is 5.83. The van der Waals surface area contributed by atoms with E-state index in [0.717, 1.165) is 23.4 Å². The molecule has 0 radical (unpaired) electrons. The second kappa shape index (κ2) is 8.11. The summed E-state index contributed by atoms with van der Waals surface area (Å²) in [5.74, 6) is 0.545. The van der Waals surface area contributed by atoms with E-state index in [2.05, 4.69) is 10.3 Å². The summed E-state index contributed by atoms with van der Waals surface area (Å²) in [6.07, 6.45) is 2.93. The van der Waals surface area contributed by atoms with Gasteiger partial charge in [0.2, 0.25) is 5.91 Å². The Morgan fingerprint density at radius 2 is 1.60 bits per heavy atom. The van der Waals surface area contributed by atoms with Crippen molar-refractivity contribution in [1.82, 2.24) is 4.98 Å². The van der Waals surface area contributed by atoms with Gasteiger partial charge in [-0.2, -0.15) is 0 Å². The molecule has 4 heteroatoms. The first-order chi connectivity index (χ1) is 12.2. The minimum atomic E-state index is -0.0273. The first-order valence-corrected chi connectivity index (χ1v) is 8.31. The van der Waals surface area contributed by atoms with Crippen molar-refractivity contribution in [3.05, 3.63) is 84.6 Å². The average Bonchev–Trinajstić information content (AvgIpc) is 2.68. The summed E-state index contributed by atoms with van der Waals surface area (Å²) in [6.45, 7) is 0. The molecule has 3 rings (SSSR count). The Bertz CT molecular complexity index is 802. The molecule has 126 valence electrons. The maximum Gasteiger partial charge on any atom is 0.225 e. The fourth-order valence-corrected chi connectivity index (χ4v) is 2.57. The van der Waals surface area contributed by atoms with Gasteiger partial charge in [-0.15, -0.1) is 0 Å². The SMILES string of the molecule is CN(c1ccccc1)c1ccc(NC(=O)CCc2ccccc2)nc1. The molecule has 1 aromatic heterocycles. The molecule has 1 amide bonds. The van der Waals surface area contributed by atoms with Crippen LogP contribution in [0.2, 0.25) is 0 Å². The fraction of sp³-hybridized carbons (Fsp3) is 0.143. The van der Waals surface area contributed by atoms with Crippen LogP contribution in [0, 0.1) is 0 Å². The molecular formula is C21H21N3O. The lowest BCUT2D eigenvalue weighted by atomic mass is 10.1. The largest absolute Gasteiger partial charge is 0.343 e. The molecule has 0 aliphatic rings. The lowest BCUT2D eigenvalue weighted by molar-refractivity contribution is -0.116. The number of carbonyl (C=O) groups excluding carboxylic acids is 1. The van der Waals surface area contributed by atoms with Crippen molar-refractivity contribution in [2.75, 3.05) is 17.3 Å². The number of nitrogens with one attached hydrogen (secondary N) is 1. The van der Waals surface area contributed by atoms with Gasteiger partial charge in [0.15, 0.2) is 0 Å². The maximum absolute atomic E-state index is 12.1. The maximum atomic E-state index is 12.1. The third-order valence-corrected chi connectivity index (χ3v) is 4.03. The number of nitrogens with zero attached hydrogens (tertiary/aromatic N) is 2. The predicted molar refractivity (Wildman–Crippen MR) is 102 cm³/mol. The molecule has 0 fully saturated rings. The Hall–Kier alpha value is -3.14. The number of anilines is 3. The molecule has 25 heavy (non-hydrogen) atoms. The molecule has 0 saturated heterocycles. The average molecular weight is 331 g/mol. The molecular weight excluding hydrogens is 310 g/mol. The van der Waals surface area contributed by atoms with E-state index in [-0.39, 0.29) is 5.91 Å². The Labute approximate surface area is 148 Å².